The number of methoxy groups -OCH3 is 2. The molecule has 13 nitrogen and oxygen atoms in total. The number of nitriles is 4. The Morgan fingerprint density at radius 2 is 0.882 bits per heavy atom. The number of allylic oxidation sites excluding steroid dienone is 9. The summed E-state index contributed by atoms with van der Waals surface area (Å²) in [6.45, 7) is 42.1. The Balaban J connectivity index is 0.000000328. The highest BCUT2D eigenvalue weighted by atomic mass is 16.5. The number of hydrogen-bond acceptors (Lipinski definition) is 9. The first-order valence-corrected chi connectivity index (χ1v) is 24.9. The van der Waals surface area contributed by atoms with E-state index < -0.39 is 0 Å². The number of ether oxygens (including phenoxy) is 2. The Labute approximate surface area is 450 Å². The second kappa shape index (κ2) is 31.7. The van der Waals surface area contributed by atoms with Crippen molar-refractivity contribution in [2.24, 2.45) is 0 Å². The lowest BCUT2D eigenvalue weighted by Gasteiger charge is -2.25. The average molecular weight is 1010 g/mol. The molecule has 4 aromatic carbocycles. The van der Waals surface area contributed by atoms with E-state index >= 15 is 0 Å². The highest BCUT2D eigenvalue weighted by molar-refractivity contribution is 6.14. The average Bonchev–Trinajstić information content (AvgIpc) is 3.98. The van der Waals surface area contributed by atoms with Crippen LogP contribution in [0.15, 0.2) is 113 Å². The maximum absolute atomic E-state index is 10.9. The molecule has 0 spiro atoms. The number of hydrogen-bond donors (Lipinski definition) is 0. The SMILES string of the molecule is C.CCCCN(CCCC)c1ccc(C=O)c(OC)c1.[C-]#[N+]/C(C#N)=C1/C/C(=C(\C#N)[N+]#[C-])c2ccccc21.[C-]#[N+]/C(C#N)=C1\C(=Cc2ccc(N(CCCC)CCCC)cc2OC)/C(=C(/C#N)[N+]#[C-])c2ccccc21. The van der Waals surface area contributed by atoms with E-state index in [1.165, 1.54) is 25.7 Å². The number of fused-ring (bicyclic) bond motifs is 2. The second-order valence-electron chi connectivity index (χ2n) is 17.2. The Morgan fingerprint density at radius 1 is 0.539 bits per heavy atom. The van der Waals surface area contributed by atoms with Crippen LogP contribution in [-0.2, 0) is 0 Å². The van der Waals surface area contributed by atoms with E-state index in [1.54, 1.807) is 26.4 Å². The summed E-state index contributed by atoms with van der Waals surface area (Å²) in [7, 11) is 3.22. The first-order valence-electron chi connectivity index (χ1n) is 24.9. The van der Waals surface area contributed by atoms with Gasteiger partial charge in [-0.2, -0.15) is 0 Å². The molecule has 384 valence electrons. The summed E-state index contributed by atoms with van der Waals surface area (Å²) >= 11 is 0. The van der Waals surface area contributed by atoms with E-state index in [0.717, 1.165) is 86.2 Å². The number of unbranched alkanes of at least 4 members (excludes halogenated alkanes) is 4. The van der Waals surface area contributed by atoms with Gasteiger partial charge in [-0.3, -0.25) is 4.79 Å². The Hall–Kier alpha value is -9.63. The third-order valence-electron chi connectivity index (χ3n) is 12.6. The number of nitrogens with zero attached hydrogens (tertiary/aromatic N) is 10. The zero-order valence-corrected chi connectivity index (χ0v) is 43.6. The number of benzene rings is 4. The van der Waals surface area contributed by atoms with Crippen LogP contribution in [0.5, 0.6) is 11.5 Å². The van der Waals surface area contributed by atoms with Crippen molar-refractivity contribution in [3.8, 4) is 35.8 Å². The van der Waals surface area contributed by atoms with Crippen molar-refractivity contribution in [2.75, 3.05) is 50.2 Å². The van der Waals surface area contributed by atoms with Crippen molar-refractivity contribution in [3.63, 3.8) is 0 Å². The molecule has 0 bridgehead atoms. The number of aldehydes is 1. The lowest BCUT2D eigenvalue weighted by molar-refractivity contribution is 0.112. The Kier molecular flexibility index (Phi) is 25.3. The summed E-state index contributed by atoms with van der Waals surface area (Å²) in [6, 6.07) is 34.1. The molecule has 0 saturated carbocycles. The van der Waals surface area contributed by atoms with Crippen LogP contribution >= 0.6 is 0 Å². The summed E-state index contributed by atoms with van der Waals surface area (Å²) in [5.41, 5.74) is 8.82. The Bertz CT molecular complexity index is 3030. The lowest BCUT2D eigenvalue weighted by Crippen LogP contribution is -2.25. The van der Waals surface area contributed by atoms with Crippen LogP contribution in [0.4, 0.5) is 11.4 Å². The van der Waals surface area contributed by atoms with Gasteiger partial charge >= 0.3 is 0 Å². The quantitative estimate of drug-likeness (QED) is 0.0538. The van der Waals surface area contributed by atoms with E-state index in [9.17, 15) is 15.3 Å². The molecule has 0 fully saturated rings. The molecule has 0 atom stereocenters. The van der Waals surface area contributed by atoms with Gasteiger partial charge in [-0.05, 0) is 101 Å². The van der Waals surface area contributed by atoms with Crippen LogP contribution in [-0.4, -0.2) is 46.7 Å². The van der Waals surface area contributed by atoms with Gasteiger partial charge < -0.3 is 19.3 Å². The molecule has 0 unspecified atom stereocenters. The fourth-order valence-corrected chi connectivity index (χ4v) is 8.68. The van der Waals surface area contributed by atoms with Crippen molar-refractivity contribution >= 4 is 46.0 Å². The standard InChI is InChI=1S/C31H29N5O.C16H25NO2.C15H6N4.CH4/c1-6-8-16-36(17-9-7-2)23-15-14-22(29(19-23)37-5)18-26-30(27(20-32)34-3)24-12-10-11-13-25(24)31(26)28(21-33)35-4;1-4-6-10-17(11-7-5-2)15-9-8-14(13-18)16(12-15)19-3;1-18-14(8-16)12-7-13(15(9-17)19-2)11-6-4-3-5-10(11)12;/h10-15,18-19H,6-9,16-17H2,1-2,5H3;8-9,12-13H,4-7,10-11H2,1-3H3;3-6H,7H2;1H4/b30-27-,31-28-;;14-12-,15-13-;. The minimum absolute atomic E-state index is 0. The zero-order valence-electron chi connectivity index (χ0n) is 43.6. The molecular weight excluding hydrogens is 945 g/mol. The predicted octanol–water partition coefficient (Wildman–Crippen LogP) is 15.5. The molecule has 2 aliphatic rings. The first kappa shape index (κ1) is 60.7. The van der Waals surface area contributed by atoms with Gasteiger partial charge in [0.25, 0.3) is 22.8 Å². The molecule has 2 aliphatic carbocycles. The highest BCUT2D eigenvalue weighted by Gasteiger charge is 2.32. The van der Waals surface area contributed by atoms with Gasteiger partial charge in [0, 0.05) is 66.4 Å². The van der Waals surface area contributed by atoms with Crippen LogP contribution in [0.25, 0.3) is 47.7 Å². The molecular formula is C63H64N10O3. The summed E-state index contributed by atoms with van der Waals surface area (Å²) in [6.07, 6.45) is 12.1. The molecule has 13 heteroatoms. The van der Waals surface area contributed by atoms with Crippen LogP contribution in [0, 0.1) is 71.6 Å². The van der Waals surface area contributed by atoms with Gasteiger partial charge in [-0.25, -0.2) is 40.4 Å². The fraction of sp³-hybridized carbons (Fsp3) is 0.317. The largest absolute Gasteiger partial charge is 0.496 e. The van der Waals surface area contributed by atoms with E-state index in [4.69, 9.17) is 46.3 Å². The second-order valence-corrected chi connectivity index (χ2v) is 17.2. The van der Waals surface area contributed by atoms with E-state index in [-0.39, 0.29) is 36.6 Å². The third-order valence-corrected chi connectivity index (χ3v) is 12.6. The van der Waals surface area contributed by atoms with Gasteiger partial charge in [-0.15, -0.1) is 0 Å². The van der Waals surface area contributed by atoms with Crippen molar-refractivity contribution in [3.05, 3.63) is 192 Å². The van der Waals surface area contributed by atoms with Crippen LogP contribution in [0.2, 0.25) is 0 Å². The predicted molar refractivity (Wildman–Crippen MR) is 304 cm³/mol. The topological polar surface area (TPSA) is 155 Å². The zero-order chi connectivity index (χ0) is 54.7. The maximum atomic E-state index is 10.9. The van der Waals surface area contributed by atoms with Crippen molar-refractivity contribution in [2.45, 2.75) is 92.9 Å². The molecule has 0 N–H and O–H groups in total. The summed E-state index contributed by atoms with van der Waals surface area (Å²) in [4.78, 5) is 29.0. The molecule has 4 aromatic rings. The molecule has 0 amide bonds. The smallest absolute Gasteiger partial charge is 0.270 e. The molecule has 0 saturated heterocycles. The maximum Gasteiger partial charge on any atom is 0.270 e. The van der Waals surface area contributed by atoms with E-state index in [2.05, 4.69) is 62.9 Å². The molecule has 76 heavy (non-hydrogen) atoms. The summed E-state index contributed by atoms with van der Waals surface area (Å²) in [5, 5.41) is 37.5. The summed E-state index contributed by atoms with van der Waals surface area (Å²) < 4.78 is 11.1. The minimum atomic E-state index is -0.0862. The van der Waals surface area contributed by atoms with Gasteiger partial charge in [0.1, 0.15) is 11.5 Å². The van der Waals surface area contributed by atoms with Crippen molar-refractivity contribution < 1.29 is 14.3 Å². The number of anilines is 2. The molecule has 0 aromatic heterocycles. The van der Waals surface area contributed by atoms with Gasteiger partial charge in [0.05, 0.1) is 70.3 Å². The fourth-order valence-electron chi connectivity index (χ4n) is 8.68. The molecule has 0 aliphatic heterocycles. The normalized spacial score (nSPS) is 13.9. The van der Waals surface area contributed by atoms with Crippen LogP contribution < -0.4 is 19.3 Å². The molecule has 6 rings (SSSR count). The van der Waals surface area contributed by atoms with Gasteiger partial charge in [-0.1, -0.05) is 109 Å². The lowest BCUT2D eigenvalue weighted by atomic mass is 9.97. The third kappa shape index (κ3) is 14.8. The van der Waals surface area contributed by atoms with Crippen LogP contribution in [0.1, 0.15) is 131 Å². The van der Waals surface area contributed by atoms with E-state index in [1.807, 2.05) is 97.1 Å². The number of carbonyl (C=O) groups excluding carboxylic acids is 1. The monoisotopic (exact) mass is 1010 g/mol. The number of carbonyl (C=O) groups is 1. The number of rotatable bonds is 18. The van der Waals surface area contributed by atoms with Crippen LogP contribution in [0.3, 0.4) is 0 Å². The van der Waals surface area contributed by atoms with E-state index in [0.29, 0.717) is 56.1 Å². The first-order chi connectivity index (χ1) is 36.6. The van der Waals surface area contributed by atoms with Crippen molar-refractivity contribution in [1.82, 2.24) is 0 Å². The molecule has 0 heterocycles. The van der Waals surface area contributed by atoms with Gasteiger partial charge in [0.2, 0.25) is 0 Å². The van der Waals surface area contributed by atoms with Crippen molar-refractivity contribution in [1.29, 1.82) is 21.0 Å². The highest BCUT2D eigenvalue weighted by Crippen LogP contribution is 2.50. The minimum Gasteiger partial charge on any atom is -0.496 e. The Morgan fingerprint density at radius 3 is 1.20 bits per heavy atom. The molecule has 0 radical (unpaired) electrons. The summed E-state index contributed by atoms with van der Waals surface area (Å²) in [5.74, 6) is 1.30. The van der Waals surface area contributed by atoms with Gasteiger partial charge in [0.15, 0.2) is 6.29 Å².